The first kappa shape index (κ1) is 10.9. The second-order valence-electron chi connectivity index (χ2n) is 4.51. The Bertz CT molecular complexity index is 323. The molecule has 4 heteroatoms. The third-order valence-electron chi connectivity index (χ3n) is 3.35. The molecule has 1 saturated heterocycles. The van der Waals surface area contributed by atoms with Gasteiger partial charge in [0.25, 0.3) is 0 Å². The third-order valence-corrected chi connectivity index (χ3v) is 4.30. The van der Waals surface area contributed by atoms with Gasteiger partial charge in [0.1, 0.15) is 0 Å². The van der Waals surface area contributed by atoms with Crippen LogP contribution in [0.3, 0.4) is 0 Å². The summed E-state index contributed by atoms with van der Waals surface area (Å²) >= 11 is 1.72. The minimum atomic E-state index is 0.552. The van der Waals surface area contributed by atoms with Crippen LogP contribution in [0.1, 0.15) is 26.0 Å². The number of thiazole rings is 1. The van der Waals surface area contributed by atoms with E-state index in [0.717, 1.165) is 35.8 Å². The molecule has 0 aromatic carbocycles. The van der Waals surface area contributed by atoms with Crippen molar-refractivity contribution in [1.82, 2.24) is 4.98 Å². The molecule has 0 bridgehead atoms. The number of piperidine rings is 1. The Kier molecular flexibility index (Phi) is 3.26. The van der Waals surface area contributed by atoms with E-state index >= 15 is 0 Å². The van der Waals surface area contributed by atoms with Gasteiger partial charge in [-0.25, -0.2) is 4.98 Å². The molecule has 2 N–H and O–H groups in total. The minimum absolute atomic E-state index is 0.552. The lowest BCUT2D eigenvalue weighted by Crippen LogP contribution is -2.38. The maximum atomic E-state index is 5.57. The van der Waals surface area contributed by atoms with Crippen molar-refractivity contribution in [2.75, 3.05) is 18.0 Å². The van der Waals surface area contributed by atoms with E-state index in [-0.39, 0.29) is 0 Å². The predicted octanol–water partition coefficient (Wildman–Crippen LogP) is 2.08. The molecular weight excluding hydrogens is 206 g/mol. The highest BCUT2D eigenvalue weighted by Gasteiger charge is 2.24. The highest BCUT2D eigenvalue weighted by molar-refractivity contribution is 7.13. The summed E-state index contributed by atoms with van der Waals surface area (Å²) in [5.74, 6) is 1.61. The molecule has 0 radical (unpaired) electrons. The number of hydrogen-bond acceptors (Lipinski definition) is 4. The van der Waals surface area contributed by atoms with Crippen molar-refractivity contribution >= 4 is 16.5 Å². The van der Waals surface area contributed by atoms with Crippen molar-refractivity contribution in [2.45, 2.75) is 26.8 Å². The molecule has 1 aliphatic heterocycles. The van der Waals surface area contributed by atoms with Crippen LogP contribution in [0.5, 0.6) is 0 Å². The number of nitrogens with two attached hydrogens (primary N) is 1. The van der Waals surface area contributed by atoms with E-state index in [0.29, 0.717) is 6.54 Å². The Hall–Kier alpha value is -0.610. The van der Waals surface area contributed by atoms with Crippen molar-refractivity contribution < 1.29 is 0 Å². The van der Waals surface area contributed by atoms with E-state index in [2.05, 4.69) is 29.1 Å². The van der Waals surface area contributed by atoms with Crippen LogP contribution in [0, 0.1) is 11.8 Å². The third kappa shape index (κ3) is 2.32. The van der Waals surface area contributed by atoms with Crippen LogP contribution in [0.15, 0.2) is 5.38 Å². The van der Waals surface area contributed by atoms with Crippen LogP contribution in [-0.4, -0.2) is 18.1 Å². The van der Waals surface area contributed by atoms with Gasteiger partial charge in [0, 0.05) is 25.0 Å². The highest BCUT2D eigenvalue weighted by Crippen LogP contribution is 2.28. The molecule has 3 nitrogen and oxygen atoms in total. The van der Waals surface area contributed by atoms with Gasteiger partial charge < -0.3 is 10.6 Å². The van der Waals surface area contributed by atoms with Crippen molar-refractivity contribution in [3.63, 3.8) is 0 Å². The van der Waals surface area contributed by atoms with Crippen LogP contribution in [0.25, 0.3) is 0 Å². The minimum Gasteiger partial charge on any atom is -0.348 e. The van der Waals surface area contributed by atoms with Crippen LogP contribution in [0.4, 0.5) is 5.13 Å². The maximum Gasteiger partial charge on any atom is 0.185 e. The van der Waals surface area contributed by atoms with Gasteiger partial charge in [0.15, 0.2) is 5.13 Å². The molecule has 0 spiro atoms. The summed E-state index contributed by atoms with van der Waals surface area (Å²) in [6.45, 7) is 7.50. The number of hydrogen-bond donors (Lipinski definition) is 1. The lowest BCUT2D eigenvalue weighted by atomic mass is 9.89. The van der Waals surface area contributed by atoms with E-state index in [9.17, 15) is 0 Å². The summed E-state index contributed by atoms with van der Waals surface area (Å²) in [7, 11) is 0. The molecule has 2 heterocycles. The van der Waals surface area contributed by atoms with Gasteiger partial charge in [-0.1, -0.05) is 13.8 Å². The van der Waals surface area contributed by atoms with Crippen molar-refractivity contribution in [1.29, 1.82) is 0 Å². The summed E-state index contributed by atoms with van der Waals surface area (Å²) < 4.78 is 0. The van der Waals surface area contributed by atoms with E-state index < -0.39 is 0 Å². The Morgan fingerprint density at radius 3 is 2.93 bits per heavy atom. The van der Waals surface area contributed by atoms with E-state index in [1.807, 2.05) is 0 Å². The summed E-state index contributed by atoms with van der Waals surface area (Å²) in [5, 5.41) is 3.21. The Morgan fingerprint density at radius 1 is 1.53 bits per heavy atom. The van der Waals surface area contributed by atoms with Crippen molar-refractivity contribution in [3.05, 3.63) is 11.1 Å². The van der Waals surface area contributed by atoms with Gasteiger partial charge in [0.2, 0.25) is 0 Å². The molecule has 0 saturated carbocycles. The van der Waals surface area contributed by atoms with Crippen molar-refractivity contribution in [3.8, 4) is 0 Å². The molecule has 1 fully saturated rings. The van der Waals surface area contributed by atoms with Gasteiger partial charge in [-0.2, -0.15) is 0 Å². The fourth-order valence-electron chi connectivity index (χ4n) is 1.97. The van der Waals surface area contributed by atoms with E-state index in [1.165, 1.54) is 6.42 Å². The lowest BCUT2D eigenvalue weighted by molar-refractivity contribution is 0.323. The first-order valence-corrected chi connectivity index (χ1v) is 6.48. The fourth-order valence-corrected chi connectivity index (χ4v) is 2.85. The summed E-state index contributed by atoms with van der Waals surface area (Å²) in [4.78, 5) is 6.93. The largest absolute Gasteiger partial charge is 0.348 e. The summed E-state index contributed by atoms with van der Waals surface area (Å²) in [5.41, 5.74) is 6.58. The zero-order chi connectivity index (χ0) is 10.8. The molecular formula is C11H19N3S. The molecule has 1 aliphatic rings. The van der Waals surface area contributed by atoms with Crippen molar-refractivity contribution in [2.24, 2.45) is 17.6 Å². The predicted molar refractivity (Wildman–Crippen MR) is 65.2 cm³/mol. The first-order chi connectivity index (χ1) is 7.20. The molecule has 15 heavy (non-hydrogen) atoms. The zero-order valence-corrected chi connectivity index (χ0v) is 10.3. The average molecular weight is 225 g/mol. The smallest absolute Gasteiger partial charge is 0.185 e. The molecule has 0 amide bonds. The SMILES string of the molecule is CC1CCN(c2nc(CN)cs2)CC1C. The van der Waals surface area contributed by atoms with Gasteiger partial charge in [-0.05, 0) is 18.3 Å². The fraction of sp³-hybridized carbons (Fsp3) is 0.727. The van der Waals surface area contributed by atoms with E-state index in [1.54, 1.807) is 11.3 Å². The molecule has 1 aromatic rings. The van der Waals surface area contributed by atoms with Crippen LogP contribution in [-0.2, 0) is 6.54 Å². The first-order valence-electron chi connectivity index (χ1n) is 5.60. The number of anilines is 1. The average Bonchev–Trinajstić information content (AvgIpc) is 2.70. The molecule has 1 aromatic heterocycles. The van der Waals surface area contributed by atoms with Gasteiger partial charge in [-0.15, -0.1) is 11.3 Å². The summed E-state index contributed by atoms with van der Waals surface area (Å²) in [6, 6.07) is 0. The lowest BCUT2D eigenvalue weighted by Gasteiger charge is -2.35. The Morgan fingerprint density at radius 2 is 2.33 bits per heavy atom. The maximum absolute atomic E-state index is 5.57. The van der Waals surface area contributed by atoms with Gasteiger partial charge in [0.05, 0.1) is 5.69 Å². The number of nitrogens with zero attached hydrogens (tertiary/aromatic N) is 2. The number of aromatic nitrogens is 1. The quantitative estimate of drug-likeness (QED) is 0.838. The topological polar surface area (TPSA) is 42.2 Å². The van der Waals surface area contributed by atoms with Crippen LogP contribution >= 0.6 is 11.3 Å². The second-order valence-corrected chi connectivity index (χ2v) is 5.35. The van der Waals surface area contributed by atoms with Crippen LogP contribution in [0.2, 0.25) is 0 Å². The zero-order valence-electron chi connectivity index (χ0n) is 9.44. The van der Waals surface area contributed by atoms with Gasteiger partial charge in [-0.3, -0.25) is 0 Å². The molecule has 2 atom stereocenters. The number of rotatable bonds is 2. The van der Waals surface area contributed by atoms with Crippen LogP contribution < -0.4 is 10.6 Å². The molecule has 84 valence electrons. The Labute approximate surface area is 95.3 Å². The Balaban J connectivity index is 2.05. The molecule has 0 aliphatic carbocycles. The standard InChI is InChI=1S/C11H19N3S/c1-8-3-4-14(6-9(8)2)11-13-10(5-12)7-15-11/h7-9H,3-6,12H2,1-2H3. The molecule has 2 unspecified atom stereocenters. The monoisotopic (exact) mass is 225 g/mol. The summed E-state index contributed by atoms with van der Waals surface area (Å²) in [6.07, 6.45) is 1.28. The molecule has 2 rings (SSSR count). The van der Waals surface area contributed by atoms with Gasteiger partial charge >= 0.3 is 0 Å². The van der Waals surface area contributed by atoms with E-state index in [4.69, 9.17) is 5.73 Å². The second kappa shape index (κ2) is 4.49. The highest BCUT2D eigenvalue weighted by atomic mass is 32.1. The normalized spacial score (nSPS) is 27.0.